The van der Waals surface area contributed by atoms with E-state index < -0.39 is 0 Å². The third kappa shape index (κ3) is 1.88. The van der Waals surface area contributed by atoms with Crippen molar-refractivity contribution in [1.29, 1.82) is 0 Å². The van der Waals surface area contributed by atoms with Crippen molar-refractivity contribution in [2.75, 3.05) is 0 Å². The summed E-state index contributed by atoms with van der Waals surface area (Å²) in [6, 6.07) is -0.0319. The summed E-state index contributed by atoms with van der Waals surface area (Å²) in [6.07, 6.45) is 0. The molecule has 0 spiro atoms. The van der Waals surface area contributed by atoms with Crippen molar-refractivity contribution >= 4 is 0 Å². The first-order valence-corrected chi connectivity index (χ1v) is 4.39. The minimum atomic E-state index is -0.127. The van der Waals surface area contributed by atoms with Crippen LogP contribution in [0.5, 0.6) is 0 Å². The zero-order valence-electron chi connectivity index (χ0n) is 12.2. The van der Waals surface area contributed by atoms with Crippen molar-refractivity contribution < 1.29 is 5.48 Å². The van der Waals surface area contributed by atoms with E-state index in [2.05, 4.69) is 0 Å². The van der Waals surface area contributed by atoms with Crippen LogP contribution in [0.2, 0.25) is 0 Å². The molecule has 0 atom stereocenters. The molecule has 0 saturated heterocycles. The van der Waals surface area contributed by atoms with Crippen LogP contribution in [0.1, 0.15) is 56.1 Å². The van der Waals surface area contributed by atoms with E-state index in [4.69, 9.17) is 5.48 Å². The van der Waals surface area contributed by atoms with Crippen molar-refractivity contribution in [3.8, 4) is 0 Å². The average molecular weight is 166 g/mol. The lowest BCUT2D eigenvalue weighted by Gasteiger charge is -2.14. The highest BCUT2D eigenvalue weighted by atomic mass is 14.1. The minimum Gasteiger partial charge on any atom is -0.0620 e. The summed E-state index contributed by atoms with van der Waals surface area (Å²) in [5.41, 5.74) is 1.50. The summed E-state index contributed by atoms with van der Waals surface area (Å²) in [6.45, 7) is 7.84. The van der Waals surface area contributed by atoms with Crippen LogP contribution in [-0.2, 0) is 0 Å². The molecular formula is C12H18. The van der Waals surface area contributed by atoms with Crippen molar-refractivity contribution in [2.45, 2.75) is 39.5 Å². The monoisotopic (exact) mass is 166 g/mol. The van der Waals surface area contributed by atoms with Crippen LogP contribution in [0.4, 0.5) is 0 Å². The maximum Gasteiger partial charge on any atom is 0.0626 e. The number of hydrogen-bond acceptors (Lipinski definition) is 0. The Morgan fingerprint density at radius 1 is 0.917 bits per heavy atom. The fraction of sp³-hybridized carbons (Fsp3) is 0.500. The Bertz CT molecular complexity index is 369. The van der Waals surface area contributed by atoms with Crippen molar-refractivity contribution in [1.82, 2.24) is 0 Å². The van der Waals surface area contributed by atoms with E-state index in [-0.39, 0.29) is 36.0 Å². The van der Waals surface area contributed by atoms with E-state index in [1.807, 2.05) is 27.7 Å². The number of benzene rings is 1. The van der Waals surface area contributed by atoms with Gasteiger partial charge in [-0.2, -0.15) is 0 Å². The Kier molecular flexibility index (Phi) is 1.58. The molecule has 0 heterocycles. The molecule has 0 unspecified atom stereocenters. The van der Waals surface area contributed by atoms with Gasteiger partial charge in [-0.25, -0.2) is 0 Å². The molecule has 1 aromatic rings. The quantitative estimate of drug-likeness (QED) is 0.624. The molecule has 1 rings (SSSR count). The first-order valence-electron chi connectivity index (χ1n) is 6.39. The van der Waals surface area contributed by atoms with Crippen LogP contribution in [-0.4, -0.2) is 0 Å². The SMILES string of the molecule is [2H]c1c([2H])c([2H])c(C(C)C)c(C(C)C)c1[2H]. The fourth-order valence-electron chi connectivity index (χ4n) is 1.24. The van der Waals surface area contributed by atoms with Gasteiger partial charge in [-0.15, -0.1) is 0 Å². The standard InChI is InChI=1S/C12H18/c1-9(2)11-7-5-6-8-12(11)10(3)4/h5-10H,1-4H3/i5D,6D,7D,8D. The van der Waals surface area contributed by atoms with Gasteiger partial charge in [0.15, 0.2) is 0 Å². The van der Waals surface area contributed by atoms with E-state index >= 15 is 0 Å². The Balaban J connectivity index is 3.69. The molecule has 0 radical (unpaired) electrons. The van der Waals surface area contributed by atoms with Crippen LogP contribution < -0.4 is 0 Å². The molecule has 66 valence electrons. The number of rotatable bonds is 2. The normalized spacial score (nSPS) is 15.8. The minimum absolute atomic E-state index is 0.110. The van der Waals surface area contributed by atoms with Crippen molar-refractivity contribution in [3.05, 3.63) is 35.3 Å². The van der Waals surface area contributed by atoms with Gasteiger partial charge in [-0.1, -0.05) is 51.9 Å². The van der Waals surface area contributed by atoms with Crippen LogP contribution in [0.15, 0.2) is 24.2 Å². The molecular weight excluding hydrogens is 144 g/mol. The predicted octanol–water partition coefficient (Wildman–Crippen LogP) is 3.93. The Labute approximate surface area is 81.2 Å². The average Bonchev–Trinajstić information content (AvgIpc) is 2.18. The first-order chi connectivity index (χ1) is 7.29. The topological polar surface area (TPSA) is 0 Å². The highest BCUT2D eigenvalue weighted by molar-refractivity contribution is 5.31. The third-order valence-electron chi connectivity index (χ3n) is 1.90. The van der Waals surface area contributed by atoms with Gasteiger partial charge in [-0.3, -0.25) is 0 Å². The van der Waals surface area contributed by atoms with E-state index in [0.29, 0.717) is 0 Å². The Morgan fingerprint density at radius 2 is 1.25 bits per heavy atom. The molecule has 0 heteroatoms. The summed E-state index contributed by atoms with van der Waals surface area (Å²) in [7, 11) is 0. The lowest BCUT2D eigenvalue weighted by Crippen LogP contribution is -1.97. The van der Waals surface area contributed by atoms with Crippen molar-refractivity contribution in [2.24, 2.45) is 0 Å². The highest BCUT2D eigenvalue weighted by Crippen LogP contribution is 2.25. The summed E-state index contributed by atoms with van der Waals surface area (Å²) >= 11 is 0. The smallest absolute Gasteiger partial charge is 0.0620 e. The first kappa shape index (κ1) is 5.06. The zero-order chi connectivity index (χ0) is 12.6. The molecule has 0 aliphatic carbocycles. The second-order valence-electron chi connectivity index (χ2n) is 3.64. The lowest BCUT2D eigenvalue weighted by molar-refractivity contribution is 0.790. The molecule has 0 N–H and O–H groups in total. The maximum absolute atomic E-state index is 7.91. The molecule has 0 aromatic heterocycles. The van der Waals surface area contributed by atoms with E-state index in [9.17, 15) is 0 Å². The second-order valence-corrected chi connectivity index (χ2v) is 3.64. The van der Waals surface area contributed by atoms with Crippen LogP contribution in [0.25, 0.3) is 0 Å². The van der Waals surface area contributed by atoms with Gasteiger partial charge in [0.25, 0.3) is 0 Å². The van der Waals surface area contributed by atoms with E-state index in [1.54, 1.807) is 0 Å². The largest absolute Gasteiger partial charge is 0.0626 e. The fourth-order valence-corrected chi connectivity index (χ4v) is 1.24. The molecule has 0 nitrogen and oxygen atoms in total. The van der Waals surface area contributed by atoms with Crippen molar-refractivity contribution in [3.63, 3.8) is 0 Å². The van der Waals surface area contributed by atoms with Gasteiger partial charge in [-0.05, 0) is 23.0 Å². The van der Waals surface area contributed by atoms with Crippen LogP contribution >= 0.6 is 0 Å². The molecule has 0 bridgehead atoms. The second kappa shape index (κ2) is 3.75. The molecule has 0 fully saturated rings. The van der Waals surface area contributed by atoms with Gasteiger partial charge < -0.3 is 0 Å². The molecule has 0 aliphatic heterocycles. The molecule has 1 aromatic carbocycles. The van der Waals surface area contributed by atoms with Gasteiger partial charge in [0.1, 0.15) is 0 Å². The number of hydrogen-bond donors (Lipinski definition) is 0. The zero-order valence-corrected chi connectivity index (χ0v) is 8.15. The molecule has 0 saturated carbocycles. The molecule has 0 aliphatic rings. The third-order valence-corrected chi connectivity index (χ3v) is 1.90. The Hall–Kier alpha value is -0.780. The predicted molar refractivity (Wildman–Crippen MR) is 54.6 cm³/mol. The molecule has 12 heavy (non-hydrogen) atoms. The summed E-state index contributed by atoms with van der Waals surface area (Å²) in [4.78, 5) is 0. The highest BCUT2D eigenvalue weighted by Gasteiger charge is 2.07. The van der Waals surface area contributed by atoms with E-state index in [1.165, 1.54) is 0 Å². The van der Waals surface area contributed by atoms with Gasteiger partial charge in [0.05, 0.1) is 5.48 Å². The maximum atomic E-state index is 7.91. The summed E-state index contributed by atoms with van der Waals surface area (Å²) < 4.78 is 31.1. The van der Waals surface area contributed by atoms with Crippen LogP contribution in [0, 0.1) is 0 Å². The van der Waals surface area contributed by atoms with E-state index in [0.717, 1.165) is 11.1 Å². The summed E-state index contributed by atoms with van der Waals surface area (Å²) in [5.74, 6) is 0.220. The Morgan fingerprint density at radius 3 is 1.50 bits per heavy atom. The lowest BCUT2D eigenvalue weighted by atomic mass is 9.91. The van der Waals surface area contributed by atoms with Gasteiger partial charge in [0.2, 0.25) is 0 Å². The van der Waals surface area contributed by atoms with Gasteiger partial charge in [0, 0.05) is 0 Å². The van der Waals surface area contributed by atoms with Crippen LogP contribution in [0.3, 0.4) is 0 Å². The summed E-state index contributed by atoms with van der Waals surface area (Å²) in [5, 5.41) is 0. The molecule has 0 amide bonds. The van der Waals surface area contributed by atoms with Gasteiger partial charge >= 0.3 is 0 Å².